The zero-order valence-corrected chi connectivity index (χ0v) is 11.8. The average Bonchev–Trinajstić information content (AvgIpc) is 1.00. The Balaban J connectivity index is -0.00000000500. The molecule has 0 aromatic carbocycles. The van der Waals surface area contributed by atoms with Crippen LogP contribution in [0.4, 0.5) is 0 Å². The molecule has 0 bridgehead atoms. The van der Waals surface area contributed by atoms with E-state index < -0.39 is 0 Å². The molecule has 0 radical (unpaired) electrons. The van der Waals surface area contributed by atoms with Crippen molar-refractivity contribution in [2.24, 2.45) is 0 Å². The van der Waals surface area contributed by atoms with E-state index >= 15 is 0 Å². The Hall–Kier alpha value is 2.18. The van der Waals surface area contributed by atoms with E-state index in [1.165, 1.54) is 0 Å². The quantitative estimate of drug-likeness (QED) is 0.535. The van der Waals surface area contributed by atoms with Crippen molar-refractivity contribution >= 4 is 24.4 Å². The Morgan fingerprint density at radius 1 is 1.25 bits per heavy atom. The fraction of sp³-hybridized carbons (Fsp3) is 0. The van der Waals surface area contributed by atoms with Crippen molar-refractivity contribution in [2.45, 2.75) is 0 Å². The van der Waals surface area contributed by atoms with Gasteiger partial charge in [0, 0.05) is 45.7 Å². The molecule has 0 aliphatic carbocycles. The van der Waals surface area contributed by atoms with Crippen LogP contribution in [0, 0.1) is 0 Å². The van der Waals surface area contributed by atoms with Gasteiger partial charge < -0.3 is 0 Å². The third-order valence-corrected chi connectivity index (χ3v) is 0. The van der Waals surface area contributed by atoms with Gasteiger partial charge in [-0.05, 0) is 0 Å². The number of hydrogen-bond acceptors (Lipinski definition) is 1. The SMILES string of the molecule is [O]=[InH].[Zn].[Zr]. The maximum atomic E-state index is 8.42. The monoisotopic (exact) mass is 286 g/mol. The fourth-order valence-electron chi connectivity index (χ4n) is 0. The summed E-state index contributed by atoms with van der Waals surface area (Å²) in [5, 5.41) is 0. The smallest absolute Gasteiger partial charge is 0 e. The van der Waals surface area contributed by atoms with Crippen molar-refractivity contribution in [1.29, 1.82) is 0 Å². The second-order valence-electron chi connectivity index (χ2n) is 0. The van der Waals surface area contributed by atoms with Gasteiger partial charge in [0.05, 0.1) is 0 Å². The van der Waals surface area contributed by atoms with Crippen LogP contribution in [0.5, 0.6) is 0 Å². The maximum absolute atomic E-state index is 8.42. The third-order valence-electron chi connectivity index (χ3n) is 0. The molecular formula is HInOZnZr. The summed E-state index contributed by atoms with van der Waals surface area (Å²) in [7, 11) is 0. The molecule has 1 nitrogen and oxygen atoms in total. The van der Waals surface area contributed by atoms with Gasteiger partial charge in [-0.2, -0.15) is 0 Å². The second kappa shape index (κ2) is 19.1. The topological polar surface area (TPSA) is 17.1 Å². The van der Waals surface area contributed by atoms with Crippen LogP contribution < -0.4 is 0 Å². The van der Waals surface area contributed by atoms with Gasteiger partial charge in [0.25, 0.3) is 0 Å². The van der Waals surface area contributed by atoms with Gasteiger partial charge >= 0.3 is 27.2 Å². The van der Waals surface area contributed by atoms with Gasteiger partial charge in [-0.25, -0.2) is 0 Å². The molecule has 0 aromatic heterocycles. The first-order chi connectivity index (χ1) is 1.00. The van der Waals surface area contributed by atoms with Gasteiger partial charge in [0.1, 0.15) is 0 Å². The predicted molar refractivity (Wildman–Crippen MR) is 7.84 cm³/mol. The third kappa shape index (κ3) is 8.90. The first-order valence-corrected chi connectivity index (χ1v) is 1.94. The summed E-state index contributed by atoms with van der Waals surface area (Å²) in [5.41, 5.74) is 0. The Morgan fingerprint density at radius 2 is 1.25 bits per heavy atom. The summed E-state index contributed by atoms with van der Waals surface area (Å²) in [6.07, 6.45) is 0. The van der Waals surface area contributed by atoms with Gasteiger partial charge in [-0.15, -0.1) is 0 Å². The van der Waals surface area contributed by atoms with Crippen LogP contribution in [0.2, 0.25) is 0 Å². The van der Waals surface area contributed by atoms with E-state index in [4.69, 9.17) is 2.85 Å². The molecule has 0 aliphatic heterocycles. The van der Waals surface area contributed by atoms with Gasteiger partial charge in [-0.3, -0.25) is 0 Å². The minimum atomic E-state index is -0.1000. The first kappa shape index (κ1) is 16.4. The van der Waals surface area contributed by atoms with Crippen LogP contribution in [0.25, 0.3) is 0 Å². The van der Waals surface area contributed by atoms with E-state index in [0.29, 0.717) is 0 Å². The summed E-state index contributed by atoms with van der Waals surface area (Å²) >= 11 is -0.1000. The molecular weight excluding hydrogens is 287 g/mol. The zero-order valence-electron chi connectivity index (χ0n) is 2.32. The normalized spacial score (nSPS) is 0.750. The Morgan fingerprint density at radius 3 is 1.25 bits per heavy atom. The second-order valence-corrected chi connectivity index (χ2v) is 0. The summed E-state index contributed by atoms with van der Waals surface area (Å²) in [6, 6.07) is 0. The van der Waals surface area contributed by atoms with Crippen molar-refractivity contribution in [3.8, 4) is 0 Å². The van der Waals surface area contributed by atoms with Gasteiger partial charge in [0.15, 0.2) is 0 Å². The van der Waals surface area contributed by atoms with Crippen LogP contribution in [0.1, 0.15) is 0 Å². The standard InChI is InChI=1S/In.O.Zn.Zr.H. The summed E-state index contributed by atoms with van der Waals surface area (Å²) in [6.45, 7) is 0. The Labute approximate surface area is 71.8 Å². The van der Waals surface area contributed by atoms with Crippen molar-refractivity contribution in [3.63, 3.8) is 0 Å². The molecule has 0 fully saturated rings. The fourth-order valence-corrected chi connectivity index (χ4v) is 0. The van der Waals surface area contributed by atoms with E-state index in [2.05, 4.69) is 0 Å². The van der Waals surface area contributed by atoms with Crippen molar-refractivity contribution in [3.05, 3.63) is 0 Å². The van der Waals surface area contributed by atoms with Crippen LogP contribution >= 0.6 is 0 Å². The van der Waals surface area contributed by atoms with E-state index in [9.17, 15) is 0 Å². The Bertz CT molecular complexity index is 8.00. The molecule has 0 amide bonds. The molecule has 0 aliphatic rings. The van der Waals surface area contributed by atoms with Crippen LogP contribution in [0.15, 0.2) is 0 Å². The molecule has 0 unspecified atom stereocenters. The molecule has 16 valence electrons. The molecule has 4 heteroatoms. The molecule has 0 heterocycles. The van der Waals surface area contributed by atoms with Crippen LogP contribution in [-0.4, -0.2) is 24.4 Å². The van der Waals surface area contributed by atoms with Crippen LogP contribution in [-0.2, 0) is 48.5 Å². The molecule has 0 aromatic rings. The minimum absolute atomic E-state index is 0. The summed E-state index contributed by atoms with van der Waals surface area (Å²) in [5.74, 6) is 0. The van der Waals surface area contributed by atoms with Crippen molar-refractivity contribution < 1.29 is 48.5 Å². The molecule has 0 spiro atoms. The van der Waals surface area contributed by atoms with Crippen molar-refractivity contribution in [2.75, 3.05) is 0 Å². The van der Waals surface area contributed by atoms with E-state index in [1.807, 2.05) is 0 Å². The zero-order chi connectivity index (χ0) is 2.00. The maximum Gasteiger partial charge on any atom is 0 e. The number of hydrogen-bond donors (Lipinski definition) is 0. The number of rotatable bonds is 0. The van der Waals surface area contributed by atoms with E-state index in [0.717, 1.165) is 0 Å². The Kier molecular flexibility index (Phi) is 78.2. The van der Waals surface area contributed by atoms with E-state index in [1.54, 1.807) is 0 Å². The predicted octanol–water partition coefficient (Wildman–Crippen LogP) is -0.772. The van der Waals surface area contributed by atoms with E-state index in [-0.39, 0.29) is 70.1 Å². The van der Waals surface area contributed by atoms with Crippen molar-refractivity contribution in [1.82, 2.24) is 0 Å². The van der Waals surface area contributed by atoms with Gasteiger partial charge in [0.2, 0.25) is 0 Å². The van der Waals surface area contributed by atoms with Crippen LogP contribution in [0.3, 0.4) is 0 Å². The van der Waals surface area contributed by atoms with Gasteiger partial charge in [-0.1, -0.05) is 0 Å². The largest absolute Gasteiger partial charge is 0 e. The molecule has 0 saturated carbocycles. The molecule has 0 N–H and O–H groups in total. The minimum Gasteiger partial charge on any atom is 0 e. The molecule has 0 rings (SSSR count). The first-order valence-electron chi connectivity index (χ1n) is 0.289. The summed E-state index contributed by atoms with van der Waals surface area (Å²) < 4.78 is 8.42. The molecule has 4 heavy (non-hydrogen) atoms. The molecule has 0 saturated heterocycles. The molecule has 0 atom stereocenters. The summed E-state index contributed by atoms with van der Waals surface area (Å²) in [4.78, 5) is 0. The average molecular weight is 288 g/mol.